The summed E-state index contributed by atoms with van der Waals surface area (Å²) in [6, 6.07) is 0. The molecule has 0 aromatic heterocycles. The molecule has 0 rings (SSSR count). The monoisotopic (exact) mass is 382 g/mol. The van der Waals surface area contributed by atoms with Crippen molar-refractivity contribution in [3.8, 4) is 0 Å². The Hall–Kier alpha value is 1.56. The predicted octanol–water partition coefficient (Wildman–Crippen LogP) is 1.90. The second-order valence-electron chi connectivity index (χ2n) is 3.46. The summed E-state index contributed by atoms with van der Waals surface area (Å²) in [6.45, 7) is 0. The molecule has 0 nitrogen and oxygen atoms in total. The van der Waals surface area contributed by atoms with Gasteiger partial charge in [-0.05, 0) is 0 Å². The van der Waals surface area contributed by atoms with Gasteiger partial charge in [-0.3, -0.25) is 0 Å². The summed E-state index contributed by atoms with van der Waals surface area (Å²) in [4.78, 5) is 0. The normalized spacial score (nSPS) is 11.1. The van der Waals surface area contributed by atoms with E-state index in [-0.39, 0.29) is 0 Å². The first kappa shape index (κ1) is 14.6. The van der Waals surface area contributed by atoms with Gasteiger partial charge in [0.2, 0.25) is 0 Å². The zero-order chi connectivity index (χ0) is 9.94. The van der Waals surface area contributed by atoms with Crippen LogP contribution < -0.4 is 0 Å². The Morgan fingerprint density at radius 1 is 0.615 bits per heavy atom. The minimum absolute atomic E-state index is 1.01. The van der Waals surface area contributed by atoms with E-state index in [1.165, 1.54) is 54.5 Å². The van der Waals surface area contributed by atoms with E-state index in [0.29, 0.717) is 0 Å². The molecule has 0 aliphatic rings. The van der Waals surface area contributed by atoms with E-state index in [1.54, 1.807) is 0 Å². The summed E-state index contributed by atoms with van der Waals surface area (Å²) in [5.74, 6) is 1.01. The molecule has 0 heterocycles. The molecule has 0 unspecified atom stereocenters. The summed E-state index contributed by atoms with van der Waals surface area (Å²) in [6.07, 6.45) is 8.57. The van der Waals surface area contributed by atoms with Crippen molar-refractivity contribution >= 4 is 48.0 Å². The first-order valence-electron chi connectivity index (χ1n) is 5.17. The van der Waals surface area contributed by atoms with E-state index < -0.39 is 0 Å². The van der Waals surface area contributed by atoms with E-state index >= 15 is 0 Å². The zero-order valence-corrected chi connectivity index (χ0v) is 13.9. The standard InChI is InChI=1S/C10H22Se3/c11-7-1-4-10(5-2-8-12)6-3-9-13/h10-13H,1-9H2. The van der Waals surface area contributed by atoms with Crippen molar-refractivity contribution < 1.29 is 0 Å². The second-order valence-corrected chi connectivity index (χ2v) is 6.28. The number of hydrogen-bond donors (Lipinski definition) is 0. The van der Waals surface area contributed by atoms with Crippen LogP contribution in [0, 0.1) is 5.92 Å². The Morgan fingerprint density at radius 3 is 1.15 bits per heavy atom. The van der Waals surface area contributed by atoms with Crippen molar-refractivity contribution in [3.63, 3.8) is 0 Å². The van der Waals surface area contributed by atoms with Crippen molar-refractivity contribution in [2.45, 2.75) is 54.5 Å². The summed E-state index contributed by atoms with van der Waals surface area (Å²) in [5, 5.41) is 3.90. The first-order chi connectivity index (χ1) is 6.35. The topological polar surface area (TPSA) is 0 Å². The van der Waals surface area contributed by atoms with Gasteiger partial charge in [-0.15, -0.1) is 0 Å². The van der Waals surface area contributed by atoms with Crippen molar-refractivity contribution in [3.05, 3.63) is 0 Å². The van der Waals surface area contributed by atoms with Gasteiger partial charge in [-0.2, -0.15) is 0 Å². The third-order valence-corrected chi connectivity index (χ3v) is 4.30. The van der Waals surface area contributed by atoms with Gasteiger partial charge in [-0.1, -0.05) is 0 Å². The molecule has 0 aromatic carbocycles. The van der Waals surface area contributed by atoms with E-state index in [4.69, 9.17) is 0 Å². The summed E-state index contributed by atoms with van der Waals surface area (Å²) < 4.78 is 0. The van der Waals surface area contributed by atoms with Crippen molar-refractivity contribution in [2.75, 3.05) is 0 Å². The fourth-order valence-corrected chi connectivity index (χ4v) is 2.72. The van der Waals surface area contributed by atoms with E-state index in [2.05, 4.69) is 48.0 Å². The molecule has 13 heavy (non-hydrogen) atoms. The Kier molecular flexibility index (Phi) is 13.0. The third kappa shape index (κ3) is 9.85. The molecule has 0 amide bonds. The van der Waals surface area contributed by atoms with Gasteiger partial charge in [0.15, 0.2) is 0 Å². The molecule has 0 saturated carbocycles. The molecule has 0 aliphatic carbocycles. The van der Waals surface area contributed by atoms with Crippen LogP contribution in [-0.2, 0) is 0 Å². The molecule has 80 valence electrons. The van der Waals surface area contributed by atoms with E-state index in [9.17, 15) is 0 Å². The Bertz CT molecular complexity index is 77.2. The van der Waals surface area contributed by atoms with Gasteiger partial charge < -0.3 is 0 Å². The van der Waals surface area contributed by atoms with Crippen LogP contribution in [0.1, 0.15) is 38.5 Å². The van der Waals surface area contributed by atoms with Crippen LogP contribution in [0.2, 0.25) is 16.0 Å². The molecule has 0 bridgehead atoms. The molecule has 0 aliphatic heterocycles. The molecule has 0 aromatic rings. The van der Waals surface area contributed by atoms with Gasteiger partial charge in [0.1, 0.15) is 0 Å². The van der Waals surface area contributed by atoms with Crippen LogP contribution >= 0.6 is 0 Å². The van der Waals surface area contributed by atoms with Gasteiger partial charge in [0.05, 0.1) is 0 Å². The van der Waals surface area contributed by atoms with E-state index in [1.807, 2.05) is 0 Å². The molecule has 0 radical (unpaired) electrons. The molecule has 0 fully saturated rings. The summed E-state index contributed by atoms with van der Waals surface area (Å²) >= 11 is 8.10. The second kappa shape index (κ2) is 11.6. The van der Waals surface area contributed by atoms with Crippen LogP contribution in [0.4, 0.5) is 0 Å². The third-order valence-electron chi connectivity index (χ3n) is 2.31. The van der Waals surface area contributed by atoms with Crippen molar-refractivity contribution in [1.82, 2.24) is 0 Å². The van der Waals surface area contributed by atoms with Crippen LogP contribution in [0.25, 0.3) is 0 Å². The SMILES string of the molecule is [SeH]CCCC(CCC[SeH])CCC[SeH]. The maximum absolute atomic E-state index is 2.70. The van der Waals surface area contributed by atoms with Gasteiger partial charge >= 0.3 is 108 Å². The predicted molar refractivity (Wildman–Crippen MR) is 67.1 cm³/mol. The van der Waals surface area contributed by atoms with Gasteiger partial charge in [-0.25, -0.2) is 0 Å². The summed E-state index contributed by atoms with van der Waals surface area (Å²) in [5.41, 5.74) is 0. The Morgan fingerprint density at radius 2 is 0.923 bits per heavy atom. The van der Waals surface area contributed by atoms with Crippen LogP contribution in [0.15, 0.2) is 0 Å². The van der Waals surface area contributed by atoms with Gasteiger partial charge in [0, 0.05) is 0 Å². The van der Waals surface area contributed by atoms with Crippen LogP contribution in [0.5, 0.6) is 0 Å². The molecular formula is C10H22Se3. The minimum atomic E-state index is 1.01. The van der Waals surface area contributed by atoms with Crippen molar-refractivity contribution in [2.24, 2.45) is 5.92 Å². The molecule has 3 heteroatoms. The van der Waals surface area contributed by atoms with Crippen LogP contribution in [0.3, 0.4) is 0 Å². The molecule has 0 N–H and O–H groups in total. The fraction of sp³-hybridized carbons (Fsp3) is 1.00. The summed E-state index contributed by atoms with van der Waals surface area (Å²) in [7, 11) is 0. The van der Waals surface area contributed by atoms with E-state index in [0.717, 1.165) is 5.92 Å². The van der Waals surface area contributed by atoms with Crippen molar-refractivity contribution in [1.29, 1.82) is 0 Å². The zero-order valence-electron chi connectivity index (χ0n) is 8.28. The average Bonchev–Trinajstić information content (AvgIpc) is 2.17. The van der Waals surface area contributed by atoms with Gasteiger partial charge in [0.25, 0.3) is 0 Å². The Balaban J connectivity index is 3.47. The average molecular weight is 379 g/mol. The molecule has 0 saturated heterocycles. The maximum atomic E-state index is 2.70. The number of rotatable bonds is 9. The fourth-order valence-electron chi connectivity index (χ4n) is 1.57. The molecule has 0 atom stereocenters. The molecule has 0 spiro atoms. The quantitative estimate of drug-likeness (QED) is 0.537. The van der Waals surface area contributed by atoms with Crippen LogP contribution in [-0.4, -0.2) is 48.0 Å². The molecular weight excluding hydrogens is 357 g/mol. The number of hydrogen-bond acceptors (Lipinski definition) is 0. The first-order valence-corrected chi connectivity index (χ1v) is 9.15. The Labute approximate surface area is 108 Å².